The Morgan fingerprint density at radius 3 is 2.33 bits per heavy atom. The van der Waals surface area contributed by atoms with Gasteiger partial charge < -0.3 is 10.0 Å². The number of anilines is 1. The molecule has 0 saturated heterocycles. The Labute approximate surface area is 135 Å². The molecule has 0 aliphatic heterocycles. The van der Waals surface area contributed by atoms with Crippen LogP contribution in [-0.2, 0) is 0 Å². The first kappa shape index (κ1) is 15.5. The lowest BCUT2D eigenvalue weighted by Gasteiger charge is -2.18. The van der Waals surface area contributed by atoms with Crippen LogP contribution in [0.25, 0.3) is 0 Å². The first-order valence-electron chi connectivity index (χ1n) is 5.97. The Morgan fingerprint density at radius 2 is 1.76 bits per heavy atom. The standard InChI is InChI=1S/C15H11BrClNO3/c1-18(10-7-5-9(6-8-10)15(20)21)14(19)11-3-2-4-12(16)13(11)17/h2-8H,1H3,(H,20,21). The summed E-state index contributed by atoms with van der Waals surface area (Å²) in [5.41, 5.74) is 1.12. The van der Waals surface area contributed by atoms with Gasteiger partial charge in [0.15, 0.2) is 0 Å². The molecule has 0 saturated carbocycles. The average molecular weight is 369 g/mol. The fraction of sp³-hybridized carbons (Fsp3) is 0.0667. The zero-order valence-corrected chi connectivity index (χ0v) is 13.4. The molecule has 4 nitrogen and oxygen atoms in total. The molecule has 21 heavy (non-hydrogen) atoms. The molecule has 6 heteroatoms. The summed E-state index contributed by atoms with van der Waals surface area (Å²) in [5.74, 6) is -1.28. The van der Waals surface area contributed by atoms with Crippen molar-refractivity contribution in [2.45, 2.75) is 0 Å². The molecule has 0 atom stereocenters. The van der Waals surface area contributed by atoms with Gasteiger partial charge in [-0.05, 0) is 52.3 Å². The number of rotatable bonds is 3. The van der Waals surface area contributed by atoms with E-state index in [1.54, 1.807) is 37.4 Å². The molecule has 0 aliphatic rings. The van der Waals surface area contributed by atoms with Crippen LogP contribution in [0.3, 0.4) is 0 Å². The third-order valence-corrected chi connectivity index (χ3v) is 4.28. The maximum Gasteiger partial charge on any atom is 0.335 e. The van der Waals surface area contributed by atoms with Gasteiger partial charge in [-0.1, -0.05) is 17.7 Å². The molecule has 108 valence electrons. The zero-order chi connectivity index (χ0) is 15.6. The highest BCUT2D eigenvalue weighted by Gasteiger charge is 2.18. The Morgan fingerprint density at radius 1 is 1.14 bits per heavy atom. The van der Waals surface area contributed by atoms with E-state index < -0.39 is 5.97 Å². The molecule has 0 heterocycles. The van der Waals surface area contributed by atoms with Gasteiger partial charge in [0.1, 0.15) is 0 Å². The minimum absolute atomic E-state index is 0.167. The van der Waals surface area contributed by atoms with Crippen molar-refractivity contribution < 1.29 is 14.7 Å². The molecule has 0 spiro atoms. The first-order chi connectivity index (χ1) is 9.91. The molecule has 0 fully saturated rings. The van der Waals surface area contributed by atoms with Gasteiger partial charge in [-0.3, -0.25) is 4.79 Å². The molecule has 1 amide bonds. The van der Waals surface area contributed by atoms with Crippen molar-refractivity contribution in [2.75, 3.05) is 11.9 Å². The Bertz CT molecular complexity index is 701. The summed E-state index contributed by atoms with van der Waals surface area (Å²) in [6.45, 7) is 0. The number of carbonyl (C=O) groups is 2. The molecular formula is C15H11BrClNO3. The number of carboxylic acid groups (broad SMARTS) is 1. The number of hydrogen-bond acceptors (Lipinski definition) is 2. The second-order valence-electron chi connectivity index (χ2n) is 4.32. The van der Waals surface area contributed by atoms with E-state index in [9.17, 15) is 9.59 Å². The minimum atomic E-state index is -1.01. The zero-order valence-electron chi connectivity index (χ0n) is 11.0. The smallest absolute Gasteiger partial charge is 0.335 e. The van der Waals surface area contributed by atoms with Crippen molar-refractivity contribution in [3.8, 4) is 0 Å². The van der Waals surface area contributed by atoms with Crippen molar-refractivity contribution in [1.29, 1.82) is 0 Å². The van der Waals surface area contributed by atoms with E-state index in [0.29, 0.717) is 20.7 Å². The second kappa shape index (κ2) is 6.28. The lowest BCUT2D eigenvalue weighted by Crippen LogP contribution is -2.26. The van der Waals surface area contributed by atoms with Gasteiger partial charge >= 0.3 is 5.97 Å². The second-order valence-corrected chi connectivity index (χ2v) is 5.55. The van der Waals surface area contributed by atoms with E-state index in [1.165, 1.54) is 17.0 Å². The van der Waals surface area contributed by atoms with Gasteiger partial charge in [0.05, 0.1) is 16.1 Å². The maximum atomic E-state index is 12.4. The summed E-state index contributed by atoms with van der Waals surface area (Å²) >= 11 is 9.39. The van der Waals surface area contributed by atoms with E-state index >= 15 is 0 Å². The summed E-state index contributed by atoms with van der Waals surface area (Å²) < 4.78 is 0.643. The van der Waals surface area contributed by atoms with Crippen molar-refractivity contribution >= 4 is 45.1 Å². The van der Waals surface area contributed by atoms with Gasteiger partial charge in [0.25, 0.3) is 5.91 Å². The highest BCUT2D eigenvalue weighted by Crippen LogP contribution is 2.28. The van der Waals surface area contributed by atoms with Crippen LogP contribution in [0, 0.1) is 0 Å². The third kappa shape index (κ3) is 3.25. The fourth-order valence-electron chi connectivity index (χ4n) is 1.79. The van der Waals surface area contributed by atoms with Gasteiger partial charge in [-0.15, -0.1) is 0 Å². The lowest BCUT2D eigenvalue weighted by molar-refractivity contribution is 0.0696. The normalized spacial score (nSPS) is 10.2. The molecule has 0 aliphatic carbocycles. The molecule has 2 aromatic carbocycles. The Kier molecular flexibility index (Phi) is 4.65. The summed E-state index contributed by atoms with van der Waals surface area (Å²) in [5, 5.41) is 9.21. The van der Waals surface area contributed by atoms with Gasteiger partial charge in [-0.2, -0.15) is 0 Å². The highest BCUT2D eigenvalue weighted by molar-refractivity contribution is 9.10. The van der Waals surface area contributed by atoms with E-state index in [1.807, 2.05) is 0 Å². The van der Waals surface area contributed by atoms with Gasteiger partial charge in [-0.25, -0.2) is 4.79 Å². The molecular weight excluding hydrogens is 358 g/mol. The van der Waals surface area contributed by atoms with Crippen LogP contribution in [0.5, 0.6) is 0 Å². The monoisotopic (exact) mass is 367 g/mol. The van der Waals surface area contributed by atoms with Gasteiger partial charge in [0.2, 0.25) is 0 Å². The van der Waals surface area contributed by atoms with Gasteiger partial charge in [0, 0.05) is 17.2 Å². The minimum Gasteiger partial charge on any atom is -0.478 e. The summed E-state index contributed by atoms with van der Waals surface area (Å²) in [4.78, 5) is 24.7. The van der Waals surface area contributed by atoms with Crippen molar-refractivity contribution in [3.63, 3.8) is 0 Å². The van der Waals surface area contributed by atoms with Crippen LogP contribution >= 0.6 is 27.5 Å². The number of carbonyl (C=O) groups excluding carboxylic acids is 1. The predicted octanol–water partition coefficient (Wildman–Crippen LogP) is 4.08. The van der Waals surface area contributed by atoms with Crippen molar-refractivity contribution in [2.24, 2.45) is 0 Å². The highest BCUT2D eigenvalue weighted by atomic mass is 79.9. The Hall–Kier alpha value is -1.85. The molecule has 0 radical (unpaired) electrons. The lowest BCUT2D eigenvalue weighted by atomic mass is 10.1. The van der Waals surface area contributed by atoms with Crippen LogP contribution in [0.1, 0.15) is 20.7 Å². The molecule has 0 unspecified atom stereocenters. The predicted molar refractivity (Wildman–Crippen MR) is 85.3 cm³/mol. The largest absolute Gasteiger partial charge is 0.478 e. The van der Waals surface area contributed by atoms with Crippen LogP contribution in [0.15, 0.2) is 46.9 Å². The van der Waals surface area contributed by atoms with E-state index in [4.69, 9.17) is 16.7 Å². The summed E-state index contributed by atoms with van der Waals surface area (Å²) in [7, 11) is 1.61. The number of hydrogen-bond donors (Lipinski definition) is 1. The number of amides is 1. The SMILES string of the molecule is CN(C(=O)c1cccc(Br)c1Cl)c1ccc(C(=O)O)cc1. The van der Waals surface area contributed by atoms with Crippen LogP contribution in [0.4, 0.5) is 5.69 Å². The average Bonchev–Trinajstić information content (AvgIpc) is 2.48. The summed E-state index contributed by atoms with van der Waals surface area (Å²) in [6, 6.07) is 11.2. The van der Waals surface area contributed by atoms with Crippen molar-refractivity contribution in [1.82, 2.24) is 0 Å². The van der Waals surface area contributed by atoms with E-state index in [2.05, 4.69) is 15.9 Å². The molecule has 2 aromatic rings. The van der Waals surface area contributed by atoms with Crippen LogP contribution in [0.2, 0.25) is 5.02 Å². The Balaban J connectivity index is 2.30. The quantitative estimate of drug-likeness (QED) is 0.888. The number of carboxylic acids is 1. The van der Waals surface area contributed by atoms with E-state index in [0.717, 1.165) is 0 Å². The number of nitrogens with zero attached hydrogens (tertiary/aromatic N) is 1. The fourth-order valence-corrected chi connectivity index (χ4v) is 2.37. The van der Waals surface area contributed by atoms with Crippen LogP contribution < -0.4 is 4.90 Å². The molecule has 0 bridgehead atoms. The maximum absolute atomic E-state index is 12.4. The van der Waals surface area contributed by atoms with Crippen LogP contribution in [-0.4, -0.2) is 24.0 Å². The number of halogens is 2. The van der Waals surface area contributed by atoms with E-state index in [-0.39, 0.29) is 11.5 Å². The number of benzene rings is 2. The number of aromatic carboxylic acids is 1. The first-order valence-corrected chi connectivity index (χ1v) is 7.14. The molecule has 0 aromatic heterocycles. The third-order valence-electron chi connectivity index (χ3n) is 2.99. The topological polar surface area (TPSA) is 57.6 Å². The van der Waals surface area contributed by atoms with Crippen molar-refractivity contribution in [3.05, 3.63) is 63.1 Å². The molecule has 2 rings (SSSR count). The molecule has 1 N–H and O–H groups in total. The summed E-state index contributed by atoms with van der Waals surface area (Å²) in [6.07, 6.45) is 0.